The van der Waals surface area contributed by atoms with E-state index in [4.69, 9.17) is 4.74 Å². The Balaban J connectivity index is 1.56. The number of hydrogen-bond acceptors (Lipinski definition) is 3. The topological polar surface area (TPSA) is 66.8 Å². The zero-order valence-corrected chi connectivity index (χ0v) is 19.1. The van der Waals surface area contributed by atoms with E-state index in [-0.39, 0.29) is 37.1 Å². The van der Waals surface area contributed by atoms with Crippen molar-refractivity contribution in [2.75, 3.05) is 38.7 Å². The van der Waals surface area contributed by atoms with Gasteiger partial charge in [-0.25, -0.2) is 18.0 Å². The van der Waals surface area contributed by atoms with E-state index in [2.05, 4.69) is 5.32 Å². The SMILES string of the molecule is COCCN(CC(=O)N1CCn2cccc2[C@@H]1c1ccc(F)cc1)C(=O)Nc1ccc(F)cc1F. The van der Waals surface area contributed by atoms with Crippen LogP contribution in [0.3, 0.4) is 0 Å². The summed E-state index contributed by atoms with van der Waals surface area (Å²) in [6.07, 6.45) is 1.92. The van der Waals surface area contributed by atoms with Gasteiger partial charge in [0.05, 0.1) is 18.3 Å². The van der Waals surface area contributed by atoms with Gasteiger partial charge >= 0.3 is 6.03 Å². The minimum atomic E-state index is -0.926. The van der Waals surface area contributed by atoms with E-state index in [0.29, 0.717) is 19.2 Å². The van der Waals surface area contributed by atoms with Gasteiger partial charge < -0.3 is 24.4 Å². The van der Waals surface area contributed by atoms with E-state index in [1.165, 1.54) is 24.1 Å². The number of ether oxygens (including phenoxy) is 1. The first-order valence-electron chi connectivity index (χ1n) is 11.1. The number of nitrogens with one attached hydrogen (secondary N) is 1. The number of urea groups is 1. The van der Waals surface area contributed by atoms with Crippen LogP contribution in [0.2, 0.25) is 0 Å². The summed E-state index contributed by atoms with van der Waals surface area (Å²) in [5, 5.41) is 2.39. The predicted molar refractivity (Wildman–Crippen MR) is 123 cm³/mol. The van der Waals surface area contributed by atoms with Gasteiger partial charge in [-0.2, -0.15) is 0 Å². The highest BCUT2D eigenvalue weighted by atomic mass is 19.1. The molecule has 1 N–H and O–H groups in total. The number of rotatable bonds is 7. The van der Waals surface area contributed by atoms with Crippen molar-refractivity contribution in [1.29, 1.82) is 0 Å². The van der Waals surface area contributed by atoms with Gasteiger partial charge in [0.2, 0.25) is 5.91 Å². The second kappa shape index (κ2) is 10.6. The number of fused-ring (bicyclic) bond motifs is 1. The van der Waals surface area contributed by atoms with Gasteiger partial charge in [0.1, 0.15) is 24.0 Å². The highest BCUT2D eigenvalue weighted by Crippen LogP contribution is 2.32. The Hall–Kier alpha value is -3.79. The highest BCUT2D eigenvalue weighted by molar-refractivity contribution is 5.92. The van der Waals surface area contributed by atoms with Crippen LogP contribution in [0.4, 0.5) is 23.7 Å². The van der Waals surface area contributed by atoms with Crippen molar-refractivity contribution in [3.05, 3.63) is 89.5 Å². The van der Waals surface area contributed by atoms with Crippen molar-refractivity contribution in [3.63, 3.8) is 0 Å². The van der Waals surface area contributed by atoms with Crippen LogP contribution in [0.25, 0.3) is 0 Å². The molecular formula is C25H25F3N4O3. The van der Waals surface area contributed by atoms with E-state index in [9.17, 15) is 22.8 Å². The molecule has 0 spiro atoms. The Bertz CT molecular complexity index is 1200. The molecule has 2 aromatic carbocycles. The Morgan fingerprint density at radius 2 is 1.80 bits per heavy atom. The van der Waals surface area contributed by atoms with Crippen molar-refractivity contribution >= 4 is 17.6 Å². The van der Waals surface area contributed by atoms with E-state index in [0.717, 1.165) is 23.4 Å². The molecule has 10 heteroatoms. The molecule has 0 bridgehead atoms. The van der Waals surface area contributed by atoms with Crippen LogP contribution < -0.4 is 5.32 Å². The largest absolute Gasteiger partial charge is 0.383 e. The number of methoxy groups -OCH3 is 1. The van der Waals surface area contributed by atoms with E-state index in [1.807, 2.05) is 22.9 Å². The molecule has 0 saturated heterocycles. The van der Waals surface area contributed by atoms with Crippen LogP contribution >= 0.6 is 0 Å². The third-order valence-electron chi connectivity index (χ3n) is 5.90. The molecule has 1 aliphatic rings. The molecule has 3 aromatic rings. The van der Waals surface area contributed by atoms with Gasteiger partial charge in [-0.3, -0.25) is 4.79 Å². The van der Waals surface area contributed by atoms with Gasteiger partial charge in [-0.05, 0) is 42.0 Å². The summed E-state index contributed by atoms with van der Waals surface area (Å²) in [4.78, 5) is 29.2. The van der Waals surface area contributed by atoms with Crippen molar-refractivity contribution in [2.24, 2.45) is 0 Å². The van der Waals surface area contributed by atoms with Crippen LogP contribution in [0.15, 0.2) is 60.8 Å². The Kier molecular flexibility index (Phi) is 7.40. The third-order valence-corrected chi connectivity index (χ3v) is 5.90. The molecule has 4 rings (SSSR count). The monoisotopic (exact) mass is 486 g/mol. The number of nitrogens with zero attached hydrogens (tertiary/aromatic N) is 3. The van der Waals surface area contributed by atoms with Gasteiger partial charge in [0.25, 0.3) is 0 Å². The number of aromatic nitrogens is 1. The first-order valence-corrected chi connectivity index (χ1v) is 11.1. The first-order chi connectivity index (χ1) is 16.9. The standard InChI is InChI=1S/C25H25F3N4O3/c1-35-14-13-31(25(34)29-21-9-8-19(27)15-20(21)28)16-23(33)32-12-11-30-10-2-3-22(30)24(32)17-4-6-18(26)7-5-17/h2-10,15,24H,11-14,16H2,1H3,(H,29,34)/t24-/m0/s1. The van der Waals surface area contributed by atoms with Crippen molar-refractivity contribution in [1.82, 2.24) is 14.4 Å². The molecule has 35 heavy (non-hydrogen) atoms. The second-order valence-corrected chi connectivity index (χ2v) is 8.14. The van der Waals surface area contributed by atoms with E-state index < -0.39 is 23.7 Å². The predicted octanol–water partition coefficient (Wildman–Crippen LogP) is 4.02. The summed E-state index contributed by atoms with van der Waals surface area (Å²) in [6, 6.07) is 11.4. The number of halogens is 3. The van der Waals surface area contributed by atoms with Crippen LogP contribution in [-0.2, 0) is 16.1 Å². The lowest BCUT2D eigenvalue weighted by Gasteiger charge is -2.38. The van der Waals surface area contributed by atoms with E-state index >= 15 is 0 Å². The number of anilines is 1. The number of hydrogen-bond donors (Lipinski definition) is 1. The average molecular weight is 486 g/mol. The number of benzene rings is 2. The molecule has 1 aliphatic heterocycles. The molecule has 0 radical (unpaired) electrons. The Morgan fingerprint density at radius 3 is 2.51 bits per heavy atom. The maximum absolute atomic E-state index is 14.1. The Labute approximate surface area is 200 Å². The zero-order chi connectivity index (χ0) is 24.9. The molecule has 184 valence electrons. The molecule has 0 aliphatic carbocycles. The lowest BCUT2D eigenvalue weighted by atomic mass is 9.99. The fourth-order valence-electron chi connectivity index (χ4n) is 4.14. The second-order valence-electron chi connectivity index (χ2n) is 8.14. The molecule has 0 fully saturated rings. The molecule has 0 saturated carbocycles. The molecular weight excluding hydrogens is 461 g/mol. The summed E-state index contributed by atoms with van der Waals surface area (Å²) in [5.41, 5.74) is 1.41. The first kappa shape index (κ1) is 24.3. The Morgan fingerprint density at radius 1 is 1.06 bits per heavy atom. The van der Waals surface area contributed by atoms with Gasteiger partial charge in [-0.1, -0.05) is 12.1 Å². The normalized spacial score (nSPS) is 15.0. The fraction of sp³-hybridized carbons (Fsp3) is 0.280. The summed E-state index contributed by atoms with van der Waals surface area (Å²) in [6.45, 7) is 0.876. The molecule has 2 heterocycles. The van der Waals surface area contributed by atoms with Crippen LogP contribution in [0.5, 0.6) is 0 Å². The maximum atomic E-state index is 14.1. The highest BCUT2D eigenvalue weighted by Gasteiger charge is 2.33. The van der Waals surface area contributed by atoms with Crippen LogP contribution in [0.1, 0.15) is 17.3 Å². The number of amides is 3. The summed E-state index contributed by atoms with van der Waals surface area (Å²) in [7, 11) is 1.46. The third kappa shape index (κ3) is 5.48. The molecule has 0 unspecified atom stereocenters. The van der Waals surface area contributed by atoms with Gasteiger partial charge in [0.15, 0.2) is 0 Å². The molecule has 1 atom stereocenters. The lowest BCUT2D eigenvalue weighted by Crippen LogP contribution is -2.49. The van der Waals surface area contributed by atoms with Gasteiger partial charge in [-0.15, -0.1) is 0 Å². The number of carbonyl (C=O) groups excluding carboxylic acids is 2. The van der Waals surface area contributed by atoms with Crippen molar-refractivity contribution in [2.45, 2.75) is 12.6 Å². The smallest absolute Gasteiger partial charge is 0.322 e. The summed E-state index contributed by atoms with van der Waals surface area (Å²) < 4.78 is 47.9. The van der Waals surface area contributed by atoms with Crippen LogP contribution in [-0.4, -0.2) is 59.7 Å². The zero-order valence-electron chi connectivity index (χ0n) is 19.1. The quantitative estimate of drug-likeness (QED) is 0.549. The summed E-state index contributed by atoms with van der Waals surface area (Å²) in [5.74, 6) is -2.41. The molecule has 7 nitrogen and oxygen atoms in total. The summed E-state index contributed by atoms with van der Waals surface area (Å²) >= 11 is 0. The van der Waals surface area contributed by atoms with Crippen molar-refractivity contribution in [3.8, 4) is 0 Å². The molecule has 3 amide bonds. The minimum Gasteiger partial charge on any atom is -0.383 e. The number of carbonyl (C=O) groups is 2. The van der Waals surface area contributed by atoms with E-state index in [1.54, 1.807) is 17.0 Å². The lowest BCUT2D eigenvalue weighted by molar-refractivity contribution is -0.134. The van der Waals surface area contributed by atoms with Gasteiger partial charge in [0, 0.05) is 44.7 Å². The van der Waals surface area contributed by atoms with Crippen molar-refractivity contribution < 1.29 is 27.5 Å². The average Bonchev–Trinajstić information content (AvgIpc) is 3.32. The molecule has 1 aromatic heterocycles. The maximum Gasteiger partial charge on any atom is 0.322 e. The fourth-order valence-corrected chi connectivity index (χ4v) is 4.14. The van der Waals surface area contributed by atoms with Crippen LogP contribution in [0, 0.1) is 17.5 Å². The minimum absolute atomic E-state index is 0.0717.